The Hall–Kier alpha value is -0.930. The van der Waals surface area contributed by atoms with Gasteiger partial charge in [-0.1, -0.05) is 26.0 Å². The summed E-state index contributed by atoms with van der Waals surface area (Å²) in [5.41, 5.74) is 0.616. The minimum absolute atomic E-state index is 0. The van der Waals surface area contributed by atoms with E-state index in [1.54, 1.807) is 12.1 Å². The molecule has 27 heavy (non-hydrogen) atoms. The highest BCUT2D eigenvalue weighted by molar-refractivity contribution is 14.0. The van der Waals surface area contributed by atoms with E-state index >= 15 is 0 Å². The van der Waals surface area contributed by atoms with E-state index in [2.05, 4.69) is 24.5 Å². The van der Waals surface area contributed by atoms with E-state index in [0.29, 0.717) is 26.1 Å². The Labute approximate surface area is 179 Å². The maximum atomic E-state index is 13.5. The van der Waals surface area contributed by atoms with Crippen LogP contribution in [-0.2, 0) is 10.2 Å². The number of aliphatic imine (C=N–C) groups is 1. The van der Waals surface area contributed by atoms with E-state index in [1.165, 1.54) is 6.07 Å². The van der Waals surface area contributed by atoms with Crippen LogP contribution in [0.5, 0.6) is 0 Å². The zero-order valence-corrected chi connectivity index (χ0v) is 18.9. The highest BCUT2D eigenvalue weighted by atomic mass is 127. The standard InChI is InChI=1S/C20H32FN3O2.HI/c1-4-22-18(24-14-20(8-10-25)9-11-26-15-20)23-13-19(2,3)16-6-5-7-17(21)12-16;/h5-7,12,25H,4,8-11,13-15H2,1-3H3,(H2,22,23,24);1H. The molecule has 1 fully saturated rings. The first-order valence-corrected chi connectivity index (χ1v) is 9.38. The molecule has 0 amide bonds. The van der Waals surface area contributed by atoms with E-state index in [9.17, 15) is 9.50 Å². The molecule has 1 aromatic rings. The Kier molecular flexibility index (Phi) is 9.97. The summed E-state index contributed by atoms with van der Waals surface area (Å²) < 4.78 is 19.1. The lowest BCUT2D eigenvalue weighted by Gasteiger charge is -2.28. The molecule has 5 nitrogen and oxygen atoms in total. The first kappa shape index (κ1) is 24.1. The lowest BCUT2D eigenvalue weighted by molar-refractivity contribution is 0.127. The van der Waals surface area contributed by atoms with Gasteiger partial charge in [0.2, 0.25) is 0 Å². The first-order chi connectivity index (χ1) is 12.4. The van der Waals surface area contributed by atoms with E-state index in [-0.39, 0.29) is 47.2 Å². The van der Waals surface area contributed by atoms with Gasteiger partial charge in [0.1, 0.15) is 5.82 Å². The van der Waals surface area contributed by atoms with Gasteiger partial charge in [-0.05, 0) is 37.5 Å². The Morgan fingerprint density at radius 2 is 2.15 bits per heavy atom. The predicted octanol–water partition coefficient (Wildman–Crippen LogP) is 3.07. The zero-order valence-electron chi connectivity index (χ0n) is 16.6. The summed E-state index contributed by atoms with van der Waals surface area (Å²) in [6.45, 7) is 9.71. The van der Waals surface area contributed by atoms with E-state index in [1.807, 2.05) is 13.0 Å². The van der Waals surface area contributed by atoms with Gasteiger partial charge >= 0.3 is 0 Å². The molecule has 0 radical (unpaired) electrons. The number of hydrogen-bond acceptors (Lipinski definition) is 3. The molecule has 1 heterocycles. The van der Waals surface area contributed by atoms with Crippen LogP contribution in [0, 0.1) is 11.2 Å². The summed E-state index contributed by atoms with van der Waals surface area (Å²) in [5, 5.41) is 16.0. The third-order valence-corrected chi connectivity index (χ3v) is 5.04. The van der Waals surface area contributed by atoms with Crippen molar-refractivity contribution in [3.05, 3.63) is 35.6 Å². The summed E-state index contributed by atoms with van der Waals surface area (Å²) in [4.78, 5) is 4.71. The number of aliphatic hydroxyl groups excluding tert-OH is 1. The van der Waals surface area contributed by atoms with Crippen molar-refractivity contribution in [3.63, 3.8) is 0 Å². The topological polar surface area (TPSA) is 65.9 Å². The Morgan fingerprint density at radius 1 is 1.37 bits per heavy atom. The molecule has 7 heteroatoms. The fraction of sp³-hybridized carbons (Fsp3) is 0.650. The van der Waals surface area contributed by atoms with Crippen molar-refractivity contribution in [1.29, 1.82) is 0 Å². The molecular weight excluding hydrogens is 460 g/mol. The number of halogens is 2. The van der Waals surface area contributed by atoms with Crippen LogP contribution in [0.1, 0.15) is 39.2 Å². The van der Waals surface area contributed by atoms with Crippen molar-refractivity contribution in [1.82, 2.24) is 10.6 Å². The van der Waals surface area contributed by atoms with Gasteiger partial charge in [0, 0.05) is 37.1 Å². The molecule has 0 aliphatic carbocycles. The molecule has 0 bridgehead atoms. The van der Waals surface area contributed by atoms with Gasteiger partial charge in [0.15, 0.2) is 5.96 Å². The van der Waals surface area contributed by atoms with Gasteiger partial charge in [0.25, 0.3) is 0 Å². The summed E-state index contributed by atoms with van der Waals surface area (Å²) in [6.07, 6.45) is 1.66. The van der Waals surface area contributed by atoms with Crippen LogP contribution < -0.4 is 10.6 Å². The number of aliphatic hydroxyl groups is 1. The molecule has 1 atom stereocenters. The number of ether oxygens (including phenoxy) is 1. The maximum absolute atomic E-state index is 13.5. The Bertz CT molecular complexity index is 605. The molecule has 1 aliphatic heterocycles. The van der Waals surface area contributed by atoms with Crippen molar-refractivity contribution in [2.24, 2.45) is 10.4 Å². The highest BCUT2D eigenvalue weighted by Crippen LogP contribution is 2.31. The lowest BCUT2D eigenvalue weighted by Crippen LogP contribution is -2.45. The summed E-state index contributed by atoms with van der Waals surface area (Å²) in [5.74, 6) is 0.512. The average Bonchev–Trinajstić information content (AvgIpc) is 3.07. The van der Waals surface area contributed by atoms with Gasteiger partial charge in [0.05, 0.1) is 13.2 Å². The molecule has 0 saturated carbocycles. The van der Waals surface area contributed by atoms with Gasteiger partial charge < -0.3 is 20.5 Å². The number of guanidine groups is 1. The second-order valence-corrected chi connectivity index (χ2v) is 7.72. The number of benzene rings is 1. The summed E-state index contributed by atoms with van der Waals surface area (Å²) in [7, 11) is 0. The molecule has 0 spiro atoms. The molecule has 1 unspecified atom stereocenters. The third kappa shape index (κ3) is 7.19. The minimum Gasteiger partial charge on any atom is -0.396 e. The van der Waals surface area contributed by atoms with Crippen LogP contribution in [0.3, 0.4) is 0 Å². The largest absolute Gasteiger partial charge is 0.396 e. The first-order valence-electron chi connectivity index (χ1n) is 9.38. The summed E-state index contributed by atoms with van der Waals surface area (Å²) in [6, 6.07) is 6.70. The molecule has 1 aliphatic rings. The van der Waals surface area contributed by atoms with Crippen molar-refractivity contribution in [3.8, 4) is 0 Å². The van der Waals surface area contributed by atoms with Crippen LogP contribution in [0.2, 0.25) is 0 Å². The number of rotatable bonds is 8. The second kappa shape index (κ2) is 11.2. The fourth-order valence-corrected chi connectivity index (χ4v) is 3.20. The quantitative estimate of drug-likeness (QED) is 0.296. The molecular formula is C20H33FIN3O2. The van der Waals surface area contributed by atoms with Gasteiger partial charge in [-0.2, -0.15) is 0 Å². The van der Waals surface area contributed by atoms with Gasteiger partial charge in [-0.3, -0.25) is 4.99 Å². The third-order valence-electron chi connectivity index (χ3n) is 5.04. The molecule has 1 aromatic carbocycles. The maximum Gasteiger partial charge on any atom is 0.191 e. The van der Waals surface area contributed by atoms with Crippen molar-refractivity contribution < 1.29 is 14.2 Å². The Balaban J connectivity index is 0.00000364. The van der Waals surface area contributed by atoms with Crippen LogP contribution in [0.15, 0.2) is 29.3 Å². The van der Waals surface area contributed by atoms with Crippen LogP contribution >= 0.6 is 24.0 Å². The monoisotopic (exact) mass is 493 g/mol. The van der Waals surface area contributed by atoms with Gasteiger partial charge in [-0.25, -0.2) is 4.39 Å². The van der Waals surface area contributed by atoms with Crippen LogP contribution in [-0.4, -0.2) is 50.5 Å². The van der Waals surface area contributed by atoms with E-state index in [0.717, 1.165) is 31.1 Å². The van der Waals surface area contributed by atoms with E-state index in [4.69, 9.17) is 9.73 Å². The minimum atomic E-state index is -0.274. The normalized spacial score (nSPS) is 20.3. The van der Waals surface area contributed by atoms with Crippen molar-refractivity contribution in [2.45, 2.75) is 39.0 Å². The number of hydrogen-bond donors (Lipinski definition) is 3. The SMILES string of the molecule is CCNC(=NCC(C)(C)c1cccc(F)c1)NCC1(CCO)CCOC1.I. The van der Waals surface area contributed by atoms with Crippen molar-refractivity contribution in [2.75, 3.05) is 39.5 Å². The van der Waals surface area contributed by atoms with Crippen LogP contribution in [0.25, 0.3) is 0 Å². The Morgan fingerprint density at radius 3 is 2.74 bits per heavy atom. The van der Waals surface area contributed by atoms with Crippen LogP contribution in [0.4, 0.5) is 4.39 Å². The van der Waals surface area contributed by atoms with Gasteiger partial charge in [-0.15, -0.1) is 24.0 Å². The number of nitrogens with one attached hydrogen (secondary N) is 2. The molecule has 154 valence electrons. The fourth-order valence-electron chi connectivity index (χ4n) is 3.20. The molecule has 2 rings (SSSR count). The summed E-state index contributed by atoms with van der Waals surface area (Å²) >= 11 is 0. The number of nitrogens with zero attached hydrogens (tertiary/aromatic N) is 1. The molecule has 0 aromatic heterocycles. The average molecular weight is 493 g/mol. The smallest absolute Gasteiger partial charge is 0.191 e. The van der Waals surface area contributed by atoms with Crippen molar-refractivity contribution >= 4 is 29.9 Å². The zero-order chi connectivity index (χ0) is 19.0. The highest BCUT2D eigenvalue weighted by Gasteiger charge is 2.34. The second-order valence-electron chi connectivity index (χ2n) is 7.72. The van der Waals surface area contributed by atoms with E-state index < -0.39 is 0 Å². The predicted molar refractivity (Wildman–Crippen MR) is 118 cm³/mol. The lowest BCUT2D eigenvalue weighted by atomic mass is 9.84. The molecule has 3 N–H and O–H groups in total. The molecule has 1 saturated heterocycles.